The van der Waals surface area contributed by atoms with Crippen LogP contribution in [0, 0.1) is 10.1 Å². The molecule has 8 heteroatoms. The summed E-state index contributed by atoms with van der Waals surface area (Å²) >= 11 is 3.26. The fraction of sp³-hybridized carbons (Fsp3) is 0.273. The summed E-state index contributed by atoms with van der Waals surface area (Å²) in [4.78, 5) is 10.4. The average Bonchev–Trinajstić information content (AvgIpc) is 2.66. The van der Waals surface area contributed by atoms with Gasteiger partial charge < -0.3 is 5.32 Å². The van der Waals surface area contributed by atoms with Crippen molar-refractivity contribution in [2.45, 2.75) is 12.6 Å². The van der Waals surface area contributed by atoms with Crippen LogP contribution in [0.5, 0.6) is 0 Å². The second-order valence-electron chi connectivity index (χ2n) is 4.18. The van der Waals surface area contributed by atoms with E-state index in [9.17, 15) is 18.5 Å². The van der Waals surface area contributed by atoms with Crippen molar-refractivity contribution in [1.82, 2.24) is 5.32 Å². The van der Waals surface area contributed by atoms with Crippen LogP contribution in [-0.4, -0.2) is 25.1 Å². The van der Waals surface area contributed by atoms with Gasteiger partial charge in [0.15, 0.2) is 9.84 Å². The fourth-order valence-electron chi connectivity index (χ4n) is 1.82. The van der Waals surface area contributed by atoms with Crippen molar-refractivity contribution in [3.63, 3.8) is 0 Å². The van der Waals surface area contributed by atoms with Gasteiger partial charge in [0.2, 0.25) is 0 Å². The third kappa shape index (κ3) is 3.62. The predicted molar refractivity (Wildman–Crippen MR) is 74.4 cm³/mol. The molecule has 1 aromatic carbocycles. The molecule has 6 nitrogen and oxygen atoms in total. The van der Waals surface area contributed by atoms with Crippen molar-refractivity contribution in [2.24, 2.45) is 0 Å². The van der Waals surface area contributed by atoms with Crippen LogP contribution in [0.15, 0.2) is 34.2 Å². The van der Waals surface area contributed by atoms with Crippen molar-refractivity contribution < 1.29 is 13.3 Å². The maximum absolute atomic E-state index is 11.2. The van der Waals surface area contributed by atoms with Crippen LogP contribution >= 0.6 is 15.9 Å². The van der Waals surface area contributed by atoms with Crippen molar-refractivity contribution in [3.8, 4) is 0 Å². The predicted octanol–water partition coefficient (Wildman–Crippen LogP) is 1.76. The second kappa shape index (κ2) is 5.40. The summed E-state index contributed by atoms with van der Waals surface area (Å²) in [6.45, 7) is 0.236. The van der Waals surface area contributed by atoms with Gasteiger partial charge in [-0.05, 0) is 12.1 Å². The molecule has 1 heterocycles. The molecular formula is C11H11BrN2O4S. The average molecular weight is 347 g/mol. The number of nitro benzene ring substituents is 1. The van der Waals surface area contributed by atoms with Gasteiger partial charge in [-0.2, -0.15) is 0 Å². The molecule has 1 atom stereocenters. The minimum Gasteiger partial charge on any atom is -0.305 e. The number of nitro groups is 1. The van der Waals surface area contributed by atoms with Crippen molar-refractivity contribution in [2.75, 3.05) is 5.75 Å². The van der Waals surface area contributed by atoms with Gasteiger partial charge in [0, 0.05) is 34.1 Å². The highest BCUT2D eigenvalue weighted by Gasteiger charge is 2.22. The zero-order chi connectivity index (χ0) is 14.0. The summed E-state index contributed by atoms with van der Waals surface area (Å²) in [5, 5.41) is 15.0. The monoisotopic (exact) mass is 346 g/mol. The quantitative estimate of drug-likeness (QED) is 0.662. The SMILES string of the molecule is O=[N+]([O-])c1ccc(Br)cc1CNC1C=CS(=O)(=O)C1. The highest BCUT2D eigenvalue weighted by atomic mass is 79.9. The molecule has 1 aliphatic heterocycles. The van der Waals surface area contributed by atoms with E-state index < -0.39 is 14.8 Å². The van der Waals surface area contributed by atoms with Gasteiger partial charge in [-0.25, -0.2) is 8.42 Å². The summed E-state index contributed by atoms with van der Waals surface area (Å²) in [6, 6.07) is 4.37. The van der Waals surface area contributed by atoms with Crippen LogP contribution in [0.25, 0.3) is 0 Å². The maximum atomic E-state index is 11.2. The highest BCUT2D eigenvalue weighted by Crippen LogP contribution is 2.23. The van der Waals surface area contributed by atoms with E-state index in [1.54, 1.807) is 18.2 Å². The Morgan fingerprint density at radius 3 is 2.79 bits per heavy atom. The van der Waals surface area contributed by atoms with E-state index in [-0.39, 0.29) is 24.0 Å². The van der Waals surface area contributed by atoms with E-state index in [0.29, 0.717) is 5.56 Å². The molecule has 0 amide bonds. The lowest BCUT2D eigenvalue weighted by molar-refractivity contribution is -0.385. The summed E-state index contributed by atoms with van der Waals surface area (Å²) < 4.78 is 23.2. The van der Waals surface area contributed by atoms with E-state index in [2.05, 4.69) is 21.2 Å². The number of halogens is 1. The first kappa shape index (κ1) is 14.2. The molecule has 0 spiro atoms. The lowest BCUT2D eigenvalue weighted by atomic mass is 10.1. The molecule has 2 rings (SSSR count). The Kier molecular flexibility index (Phi) is 4.02. The lowest BCUT2D eigenvalue weighted by Crippen LogP contribution is -2.29. The summed E-state index contributed by atoms with van der Waals surface area (Å²) in [5.41, 5.74) is 0.526. The Balaban J connectivity index is 2.10. The normalized spacial score (nSPS) is 20.6. The standard InChI is InChI=1S/C11H11BrN2O4S/c12-9-1-2-11(14(15)16)8(5-9)6-13-10-3-4-19(17,18)7-10/h1-5,10,13H,6-7H2. The van der Waals surface area contributed by atoms with Gasteiger partial charge in [-0.3, -0.25) is 10.1 Å². The Bertz CT molecular complexity index is 642. The van der Waals surface area contributed by atoms with Crippen molar-refractivity contribution in [1.29, 1.82) is 0 Å². The molecule has 0 aliphatic carbocycles. The third-order valence-corrected chi connectivity index (χ3v) is 4.61. The van der Waals surface area contributed by atoms with Gasteiger partial charge in [0.1, 0.15) is 0 Å². The first-order valence-electron chi connectivity index (χ1n) is 5.44. The molecule has 1 N–H and O–H groups in total. The first-order valence-corrected chi connectivity index (χ1v) is 7.95. The number of nitrogens with one attached hydrogen (secondary N) is 1. The molecule has 0 radical (unpaired) electrons. The number of sulfone groups is 1. The molecule has 0 fully saturated rings. The molecule has 1 aliphatic rings. The summed E-state index contributed by atoms with van der Waals surface area (Å²) in [7, 11) is -3.12. The Morgan fingerprint density at radius 1 is 1.47 bits per heavy atom. The molecule has 0 saturated heterocycles. The molecule has 1 unspecified atom stereocenters. The van der Waals surface area contributed by atoms with E-state index in [0.717, 1.165) is 4.47 Å². The minimum absolute atomic E-state index is 0.00516. The number of hydrogen-bond acceptors (Lipinski definition) is 5. The molecule has 1 aromatic rings. The van der Waals surface area contributed by atoms with Gasteiger partial charge in [0.25, 0.3) is 5.69 Å². The van der Waals surface area contributed by atoms with Gasteiger partial charge in [-0.1, -0.05) is 22.0 Å². The highest BCUT2D eigenvalue weighted by molar-refractivity contribution is 9.10. The molecule has 0 saturated carbocycles. The van der Waals surface area contributed by atoms with E-state index >= 15 is 0 Å². The minimum atomic E-state index is -3.12. The molecule has 0 bridgehead atoms. The summed E-state index contributed by atoms with van der Waals surface area (Å²) in [6.07, 6.45) is 1.55. The third-order valence-electron chi connectivity index (χ3n) is 2.72. The maximum Gasteiger partial charge on any atom is 0.273 e. The van der Waals surface area contributed by atoms with Crippen LogP contribution < -0.4 is 5.32 Å². The fourth-order valence-corrected chi connectivity index (χ4v) is 3.50. The Morgan fingerprint density at radius 2 is 2.21 bits per heavy atom. The van der Waals surface area contributed by atoms with E-state index in [4.69, 9.17) is 0 Å². The van der Waals surface area contributed by atoms with E-state index in [1.807, 2.05) is 0 Å². The first-order chi connectivity index (χ1) is 8.87. The molecule has 19 heavy (non-hydrogen) atoms. The smallest absolute Gasteiger partial charge is 0.273 e. The van der Waals surface area contributed by atoms with Crippen LogP contribution in [0.1, 0.15) is 5.56 Å². The molecular weight excluding hydrogens is 336 g/mol. The van der Waals surface area contributed by atoms with Crippen LogP contribution in [0.3, 0.4) is 0 Å². The number of benzene rings is 1. The largest absolute Gasteiger partial charge is 0.305 e. The molecule has 0 aromatic heterocycles. The van der Waals surface area contributed by atoms with Crippen LogP contribution in [0.4, 0.5) is 5.69 Å². The Labute approximate surface area is 118 Å². The van der Waals surface area contributed by atoms with Crippen LogP contribution in [0.2, 0.25) is 0 Å². The topological polar surface area (TPSA) is 89.3 Å². The number of rotatable bonds is 4. The number of nitrogens with zero attached hydrogens (tertiary/aromatic N) is 1. The van der Waals surface area contributed by atoms with Gasteiger partial charge in [0.05, 0.1) is 10.7 Å². The number of hydrogen-bond donors (Lipinski definition) is 1. The van der Waals surface area contributed by atoms with Crippen molar-refractivity contribution >= 4 is 31.5 Å². The summed E-state index contributed by atoms with van der Waals surface area (Å²) in [5.74, 6) is -0.00516. The lowest BCUT2D eigenvalue weighted by Gasteiger charge is -2.10. The van der Waals surface area contributed by atoms with Gasteiger partial charge >= 0.3 is 0 Å². The second-order valence-corrected chi connectivity index (χ2v) is 7.02. The van der Waals surface area contributed by atoms with Crippen molar-refractivity contribution in [3.05, 3.63) is 49.8 Å². The Hall–Kier alpha value is -1.25. The zero-order valence-electron chi connectivity index (χ0n) is 9.74. The molecule has 102 valence electrons. The van der Waals surface area contributed by atoms with Crippen LogP contribution in [-0.2, 0) is 16.4 Å². The van der Waals surface area contributed by atoms with Gasteiger partial charge in [-0.15, -0.1) is 0 Å². The zero-order valence-corrected chi connectivity index (χ0v) is 12.1. The van der Waals surface area contributed by atoms with E-state index in [1.165, 1.54) is 11.5 Å².